The molecule has 2 nitrogen and oxygen atoms in total. The van der Waals surface area contributed by atoms with Crippen molar-refractivity contribution in [1.82, 2.24) is 0 Å². The lowest BCUT2D eigenvalue weighted by atomic mass is 9.90. The van der Waals surface area contributed by atoms with Crippen LogP contribution >= 0.6 is 0 Å². The standard InChI is InChI=1S/C18H34N2/c1-4-7-9-11-13-17(14-12-10-8-5-2)18(6-3)20-16-15-19/h6,15-17H,3-5,7-14,19H2,1-2H3/b16-15-,20-18+. The lowest BCUT2D eigenvalue weighted by Crippen LogP contribution is -2.12. The maximum absolute atomic E-state index is 5.39. The number of unbranched alkanes of at least 4 members (excludes halogenated alkanes) is 6. The highest BCUT2D eigenvalue weighted by Gasteiger charge is 2.12. The molecule has 0 aromatic carbocycles. The number of nitrogens with two attached hydrogens (primary N) is 1. The van der Waals surface area contributed by atoms with Crippen molar-refractivity contribution in [3.63, 3.8) is 0 Å². The summed E-state index contributed by atoms with van der Waals surface area (Å²) in [6.07, 6.45) is 18.1. The van der Waals surface area contributed by atoms with Crippen LogP contribution in [-0.4, -0.2) is 5.71 Å². The highest BCUT2D eigenvalue weighted by molar-refractivity contribution is 5.96. The summed E-state index contributed by atoms with van der Waals surface area (Å²) in [5, 5.41) is 0. The molecule has 0 spiro atoms. The van der Waals surface area contributed by atoms with Gasteiger partial charge in [0, 0.05) is 24.0 Å². The minimum atomic E-state index is 0.553. The van der Waals surface area contributed by atoms with Gasteiger partial charge in [-0.05, 0) is 18.9 Å². The van der Waals surface area contributed by atoms with E-state index in [1.54, 1.807) is 6.20 Å². The number of nitrogens with zero attached hydrogens (tertiary/aromatic N) is 1. The van der Waals surface area contributed by atoms with Crippen molar-refractivity contribution in [2.24, 2.45) is 16.6 Å². The predicted molar refractivity (Wildman–Crippen MR) is 92.0 cm³/mol. The van der Waals surface area contributed by atoms with Crippen molar-refractivity contribution in [3.8, 4) is 0 Å². The predicted octanol–water partition coefficient (Wildman–Crippen LogP) is 5.60. The molecule has 0 aliphatic rings. The van der Waals surface area contributed by atoms with E-state index in [2.05, 4.69) is 25.4 Å². The zero-order valence-electron chi connectivity index (χ0n) is 13.6. The Balaban J connectivity index is 4.37. The van der Waals surface area contributed by atoms with Gasteiger partial charge < -0.3 is 5.73 Å². The summed E-state index contributed by atoms with van der Waals surface area (Å²) < 4.78 is 0. The third-order valence-electron chi connectivity index (χ3n) is 3.75. The first-order valence-corrected chi connectivity index (χ1v) is 8.36. The summed E-state index contributed by atoms with van der Waals surface area (Å²) in [6, 6.07) is 0. The van der Waals surface area contributed by atoms with Crippen LogP contribution in [0.25, 0.3) is 0 Å². The van der Waals surface area contributed by atoms with E-state index < -0.39 is 0 Å². The molecule has 0 unspecified atom stereocenters. The van der Waals surface area contributed by atoms with Gasteiger partial charge in [0.05, 0.1) is 0 Å². The van der Waals surface area contributed by atoms with Gasteiger partial charge >= 0.3 is 0 Å². The number of hydrogen-bond donors (Lipinski definition) is 1. The number of aliphatic imine (C=N–C) groups is 1. The van der Waals surface area contributed by atoms with Crippen molar-refractivity contribution >= 4 is 5.71 Å². The first kappa shape index (κ1) is 18.9. The largest absolute Gasteiger partial charge is 0.403 e. The molecule has 2 heteroatoms. The number of allylic oxidation sites excluding steroid dienone is 1. The van der Waals surface area contributed by atoms with Crippen LogP contribution in [0.5, 0.6) is 0 Å². The van der Waals surface area contributed by atoms with E-state index in [1.165, 1.54) is 70.4 Å². The molecule has 20 heavy (non-hydrogen) atoms. The average Bonchev–Trinajstić information content (AvgIpc) is 2.47. The molecular formula is C18H34N2. The second-order valence-electron chi connectivity index (χ2n) is 5.50. The molecule has 0 amide bonds. The summed E-state index contributed by atoms with van der Waals surface area (Å²) in [5.74, 6) is 0.553. The quantitative estimate of drug-likeness (QED) is 0.345. The highest BCUT2D eigenvalue weighted by Crippen LogP contribution is 2.20. The lowest BCUT2D eigenvalue weighted by molar-refractivity contribution is 0.494. The van der Waals surface area contributed by atoms with E-state index in [9.17, 15) is 0 Å². The van der Waals surface area contributed by atoms with Crippen LogP contribution in [0.1, 0.15) is 78.1 Å². The average molecular weight is 278 g/mol. The molecule has 0 aromatic heterocycles. The normalized spacial score (nSPS) is 12.4. The van der Waals surface area contributed by atoms with Gasteiger partial charge in [-0.3, -0.25) is 4.99 Å². The second kappa shape index (κ2) is 14.4. The van der Waals surface area contributed by atoms with Crippen LogP contribution in [0, 0.1) is 5.92 Å². The summed E-state index contributed by atoms with van der Waals surface area (Å²) >= 11 is 0. The molecule has 0 aliphatic carbocycles. The molecule has 116 valence electrons. The Morgan fingerprint density at radius 2 is 1.55 bits per heavy atom. The molecule has 2 N–H and O–H groups in total. The summed E-state index contributed by atoms with van der Waals surface area (Å²) in [4.78, 5) is 4.45. The molecule has 0 heterocycles. The van der Waals surface area contributed by atoms with Crippen LogP contribution in [-0.2, 0) is 0 Å². The fourth-order valence-corrected chi connectivity index (χ4v) is 2.53. The van der Waals surface area contributed by atoms with E-state index >= 15 is 0 Å². The fraction of sp³-hybridized carbons (Fsp3) is 0.722. The second-order valence-corrected chi connectivity index (χ2v) is 5.50. The first-order valence-electron chi connectivity index (χ1n) is 8.36. The van der Waals surface area contributed by atoms with E-state index in [4.69, 9.17) is 5.73 Å². The minimum absolute atomic E-state index is 0.553. The third kappa shape index (κ3) is 9.82. The monoisotopic (exact) mass is 278 g/mol. The van der Waals surface area contributed by atoms with E-state index in [0.717, 1.165) is 5.71 Å². The van der Waals surface area contributed by atoms with Crippen molar-refractivity contribution in [3.05, 3.63) is 25.1 Å². The van der Waals surface area contributed by atoms with E-state index in [0.29, 0.717) is 5.92 Å². The minimum Gasteiger partial charge on any atom is -0.403 e. The first-order chi connectivity index (χ1) is 9.79. The number of rotatable bonds is 13. The zero-order valence-corrected chi connectivity index (χ0v) is 13.6. The van der Waals surface area contributed by atoms with Crippen LogP contribution < -0.4 is 5.73 Å². The van der Waals surface area contributed by atoms with Crippen molar-refractivity contribution in [2.45, 2.75) is 78.1 Å². The van der Waals surface area contributed by atoms with Crippen LogP contribution in [0.4, 0.5) is 0 Å². The van der Waals surface area contributed by atoms with Gasteiger partial charge in [-0.1, -0.05) is 71.8 Å². The van der Waals surface area contributed by atoms with Crippen molar-refractivity contribution in [1.29, 1.82) is 0 Å². The third-order valence-corrected chi connectivity index (χ3v) is 3.75. The van der Waals surface area contributed by atoms with Gasteiger partial charge in [-0.2, -0.15) is 0 Å². The topological polar surface area (TPSA) is 38.4 Å². The van der Waals surface area contributed by atoms with Crippen molar-refractivity contribution < 1.29 is 0 Å². The van der Waals surface area contributed by atoms with Gasteiger partial charge in [0.2, 0.25) is 0 Å². The molecule has 0 saturated heterocycles. The van der Waals surface area contributed by atoms with Crippen LogP contribution in [0.15, 0.2) is 30.0 Å². The summed E-state index contributed by atoms with van der Waals surface area (Å²) in [7, 11) is 0. The molecule has 0 atom stereocenters. The molecule has 0 radical (unpaired) electrons. The van der Waals surface area contributed by atoms with Crippen molar-refractivity contribution in [2.75, 3.05) is 0 Å². The fourth-order valence-electron chi connectivity index (χ4n) is 2.53. The Kier molecular flexibility index (Phi) is 13.6. The number of hydrogen-bond acceptors (Lipinski definition) is 2. The molecule has 0 aliphatic heterocycles. The Morgan fingerprint density at radius 1 is 1.00 bits per heavy atom. The van der Waals surface area contributed by atoms with Gasteiger partial charge in [-0.25, -0.2) is 0 Å². The summed E-state index contributed by atoms with van der Waals surface area (Å²) in [6.45, 7) is 8.43. The molecule has 0 bridgehead atoms. The van der Waals surface area contributed by atoms with Gasteiger partial charge in [0.25, 0.3) is 0 Å². The summed E-state index contributed by atoms with van der Waals surface area (Å²) in [5.41, 5.74) is 6.50. The van der Waals surface area contributed by atoms with Crippen LogP contribution in [0.3, 0.4) is 0 Å². The van der Waals surface area contributed by atoms with Gasteiger partial charge in [0.15, 0.2) is 0 Å². The maximum Gasteiger partial charge on any atom is 0.0429 e. The van der Waals surface area contributed by atoms with E-state index in [1.807, 2.05) is 6.08 Å². The molecule has 0 saturated carbocycles. The molecule has 0 aromatic rings. The Bertz CT molecular complexity index is 267. The Morgan fingerprint density at radius 3 is 1.95 bits per heavy atom. The van der Waals surface area contributed by atoms with Crippen LogP contribution in [0.2, 0.25) is 0 Å². The molecule has 0 fully saturated rings. The Hall–Kier alpha value is -1.05. The molecule has 0 rings (SSSR count). The zero-order chi connectivity index (χ0) is 15.1. The lowest BCUT2D eigenvalue weighted by Gasteiger charge is -2.17. The highest BCUT2D eigenvalue weighted by atomic mass is 14.7. The maximum atomic E-state index is 5.39. The van der Waals surface area contributed by atoms with E-state index in [-0.39, 0.29) is 0 Å². The Labute approximate surface area is 126 Å². The van der Waals surface area contributed by atoms with Gasteiger partial charge in [-0.15, -0.1) is 0 Å². The molecular weight excluding hydrogens is 244 g/mol. The SMILES string of the molecule is C=C/C(=N\C=C/N)C(CCCCCC)CCCCCC. The smallest absolute Gasteiger partial charge is 0.0429 e. The van der Waals surface area contributed by atoms with Gasteiger partial charge in [0.1, 0.15) is 0 Å².